The first-order valence-corrected chi connectivity index (χ1v) is 34.2. The van der Waals surface area contributed by atoms with Crippen molar-refractivity contribution in [3.63, 3.8) is 0 Å². The lowest BCUT2D eigenvalue weighted by Crippen LogP contribution is -2.47. The van der Waals surface area contributed by atoms with Crippen molar-refractivity contribution in [2.75, 3.05) is 110 Å². The van der Waals surface area contributed by atoms with Crippen molar-refractivity contribution in [3.05, 3.63) is 0 Å². The third-order valence-electron chi connectivity index (χ3n) is 14.1. The highest BCUT2D eigenvalue weighted by molar-refractivity contribution is 8.76. The zero-order valence-corrected chi connectivity index (χ0v) is 53.2. The minimum atomic E-state index is -0.567. The Hall–Kier alpha value is -2.27. The summed E-state index contributed by atoms with van der Waals surface area (Å²) in [7, 11) is 3.73. The molecule has 0 radical (unpaired) electrons. The Bertz CT molecular complexity index is 1480. The molecule has 1 rings (SSSR count). The number of ether oxygens (including phenoxy) is 5. The Morgan fingerprint density at radius 1 is 0.407 bits per heavy atom. The summed E-state index contributed by atoms with van der Waals surface area (Å²) in [6.07, 6.45) is 16.5. The van der Waals surface area contributed by atoms with Crippen molar-refractivity contribution >= 4 is 51.4 Å². The van der Waals surface area contributed by atoms with Gasteiger partial charge in [0, 0.05) is 109 Å². The Balaban J connectivity index is 2.45. The maximum atomic E-state index is 12.9. The monoisotopic (exact) mass is 1190 g/mol. The highest BCUT2D eigenvalue weighted by Gasteiger charge is 2.21. The molecule has 1 saturated heterocycles. The summed E-state index contributed by atoms with van der Waals surface area (Å²) in [5.41, 5.74) is 0. The van der Waals surface area contributed by atoms with Gasteiger partial charge < -0.3 is 44.1 Å². The molecule has 81 heavy (non-hydrogen) atoms. The standard InChI is InChI=1S/C61H116N4O14S2/c1-7-9-42-75-57(70)29-17-13-11-15-25-53(66)47-64(48-54(67)26-16-12-14-18-30-58(71)76-43-10-8-2)34-23-33-59(72)77-44-40-62-36-38-63(39-37-62)41-46-81-80-45-24-35-65(49-55(68)27-19-21-31-60(73)78-51(3)4)50-56(69)28-20-22-32-61(74)79-52(5)6/h51-56,66-69H,7-50H2,1-6H3. The van der Waals surface area contributed by atoms with Crippen LogP contribution in [-0.2, 0) is 47.7 Å². The molecule has 18 nitrogen and oxygen atoms in total. The molecule has 0 amide bonds. The lowest BCUT2D eigenvalue weighted by atomic mass is 10.1. The summed E-state index contributed by atoms with van der Waals surface area (Å²) >= 11 is 0. The number of piperazine rings is 1. The number of hydrogen-bond acceptors (Lipinski definition) is 20. The Morgan fingerprint density at radius 3 is 1.16 bits per heavy atom. The molecule has 476 valence electrons. The van der Waals surface area contributed by atoms with Crippen LogP contribution in [0.25, 0.3) is 0 Å². The van der Waals surface area contributed by atoms with E-state index in [0.29, 0.717) is 130 Å². The van der Waals surface area contributed by atoms with Crippen LogP contribution in [0.3, 0.4) is 0 Å². The number of carbonyl (C=O) groups excluding carboxylic acids is 5. The molecule has 0 aliphatic carbocycles. The fourth-order valence-corrected chi connectivity index (χ4v) is 11.6. The van der Waals surface area contributed by atoms with Gasteiger partial charge in [0.25, 0.3) is 0 Å². The normalized spacial score (nSPS) is 14.8. The van der Waals surface area contributed by atoms with Gasteiger partial charge in [0.05, 0.1) is 49.8 Å². The van der Waals surface area contributed by atoms with Crippen LogP contribution in [0.4, 0.5) is 0 Å². The number of nitrogens with zero attached hydrogens (tertiary/aromatic N) is 4. The average Bonchev–Trinajstić information content (AvgIpc) is 3.40. The third kappa shape index (κ3) is 48.6. The number of esters is 5. The fourth-order valence-electron chi connectivity index (χ4n) is 9.50. The van der Waals surface area contributed by atoms with E-state index in [9.17, 15) is 44.4 Å². The number of rotatable bonds is 55. The van der Waals surface area contributed by atoms with Crippen molar-refractivity contribution in [1.82, 2.24) is 19.6 Å². The van der Waals surface area contributed by atoms with Crippen molar-refractivity contribution in [2.24, 2.45) is 0 Å². The van der Waals surface area contributed by atoms with E-state index in [1.165, 1.54) is 0 Å². The molecule has 1 aliphatic heterocycles. The molecule has 0 aromatic rings. The van der Waals surface area contributed by atoms with Crippen LogP contribution in [0, 0.1) is 0 Å². The SMILES string of the molecule is CCCCOC(=O)CCCCCCC(O)CN(CCCC(=O)OCCN1CCN(CCSSCCCN(CC(O)CCCCC(=O)OC(C)C)CC(O)CCCCC(=O)OC(C)C)CC1)CC(O)CCCCCCC(=O)OCCCC. The number of hydrogen-bond donors (Lipinski definition) is 4. The zero-order valence-electron chi connectivity index (χ0n) is 51.6. The minimum absolute atomic E-state index is 0.138. The highest BCUT2D eigenvalue weighted by atomic mass is 33.1. The van der Waals surface area contributed by atoms with Gasteiger partial charge in [0.1, 0.15) is 6.61 Å². The van der Waals surface area contributed by atoms with Crippen LogP contribution in [0.5, 0.6) is 0 Å². The van der Waals surface area contributed by atoms with Gasteiger partial charge in [-0.25, -0.2) is 0 Å². The topological polar surface area (TPSA) is 225 Å². The van der Waals surface area contributed by atoms with Gasteiger partial charge in [-0.15, -0.1) is 0 Å². The van der Waals surface area contributed by atoms with Gasteiger partial charge in [-0.3, -0.25) is 43.6 Å². The van der Waals surface area contributed by atoms with Gasteiger partial charge in [-0.05, 0) is 118 Å². The van der Waals surface area contributed by atoms with Crippen LogP contribution in [0.1, 0.15) is 215 Å². The number of carbonyl (C=O) groups is 5. The Kier molecular flexibility index (Phi) is 49.4. The molecule has 1 fully saturated rings. The molecule has 0 saturated carbocycles. The zero-order chi connectivity index (χ0) is 59.7. The maximum Gasteiger partial charge on any atom is 0.306 e. The van der Waals surface area contributed by atoms with Crippen LogP contribution >= 0.6 is 21.6 Å². The van der Waals surface area contributed by atoms with Gasteiger partial charge >= 0.3 is 29.8 Å². The molecule has 0 spiro atoms. The summed E-state index contributed by atoms with van der Waals surface area (Å²) in [5.74, 6) is 1.01. The molecular formula is C61H116N4O14S2. The molecule has 0 bridgehead atoms. The summed E-state index contributed by atoms with van der Waals surface area (Å²) in [6.45, 7) is 21.2. The Labute approximate surface area is 498 Å². The van der Waals surface area contributed by atoms with Crippen molar-refractivity contribution in [3.8, 4) is 0 Å². The van der Waals surface area contributed by atoms with Crippen LogP contribution in [0.2, 0.25) is 0 Å². The third-order valence-corrected chi connectivity index (χ3v) is 16.5. The molecule has 0 aromatic heterocycles. The lowest BCUT2D eigenvalue weighted by Gasteiger charge is -2.34. The molecular weight excluding hydrogens is 1080 g/mol. The lowest BCUT2D eigenvalue weighted by molar-refractivity contribution is -0.148. The van der Waals surface area contributed by atoms with E-state index in [4.69, 9.17) is 23.7 Å². The van der Waals surface area contributed by atoms with E-state index < -0.39 is 24.4 Å². The molecule has 20 heteroatoms. The van der Waals surface area contributed by atoms with Gasteiger partial charge in [0.2, 0.25) is 0 Å². The second-order valence-electron chi connectivity index (χ2n) is 22.8. The molecule has 1 aliphatic rings. The first-order valence-electron chi connectivity index (χ1n) is 31.7. The number of aliphatic hydroxyl groups excluding tert-OH is 4. The first kappa shape index (κ1) is 76.7. The minimum Gasteiger partial charge on any atom is -0.466 e. The van der Waals surface area contributed by atoms with Crippen LogP contribution in [0.15, 0.2) is 0 Å². The van der Waals surface area contributed by atoms with E-state index in [-0.39, 0.29) is 48.5 Å². The summed E-state index contributed by atoms with van der Waals surface area (Å²) in [6, 6.07) is 0. The summed E-state index contributed by atoms with van der Waals surface area (Å²) in [4.78, 5) is 69.6. The summed E-state index contributed by atoms with van der Waals surface area (Å²) < 4.78 is 26.6. The second-order valence-corrected chi connectivity index (χ2v) is 25.5. The van der Waals surface area contributed by atoms with Gasteiger partial charge in [-0.2, -0.15) is 0 Å². The summed E-state index contributed by atoms with van der Waals surface area (Å²) in [5, 5.41) is 43.8. The number of aliphatic hydroxyl groups is 4. The predicted molar refractivity (Wildman–Crippen MR) is 326 cm³/mol. The van der Waals surface area contributed by atoms with Crippen molar-refractivity contribution < 1.29 is 68.1 Å². The molecule has 4 unspecified atom stereocenters. The highest BCUT2D eigenvalue weighted by Crippen LogP contribution is 2.23. The van der Waals surface area contributed by atoms with Crippen LogP contribution in [-0.4, -0.2) is 216 Å². The smallest absolute Gasteiger partial charge is 0.306 e. The average molecular weight is 1190 g/mol. The van der Waals surface area contributed by atoms with E-state index in [2.05, 4.69) is 33.4 Å². The molecule has 1 heterocycles. The van der Waals surface area contributed by atoms with Crippen molar-refractivity contribution in [1.29, 1.82) is 0 Å². The van der Waals surface area contributed by atoms with E-state index >= 15 is 0 Å². The number of unbranched alkanes of at least 4 members (excludes halogenated alkanes) is 10. The largest absolute Gasteiger partial charge is 0.466 e. The van der Waals surface area contributed by atoms with E-state index in [1.54, 1.807) is 0 Å². The second kappa shape index (κ2) is 52.1. The fraction of sp³-hybridized carbons (Fsp3) is 0.918. The molecule has 0 aromatic carbocycles. The quantitative estimate of drug-likeness (QED) is 0.0193. The van der Waals surface area contributed by atoms with E-state index in [0.717, 1.165) is 147 Å². The maximum absolute atomic E-state index is 12.9. The van der Waals surface area contributed by atoms with Gasteiger partial charge in [-0.1, -0.05) is 99.6 Å². The molecule has 4 atom stereocenters. The Morgan fingerprint density at radius 2 is 0.741 bits per heavy atom. The van der Waals surface area contributed by atoms with Crippen molar-refractivity contribution in [2.45, 2.75) is 252 Å². The predicted octanol–water partition coefficient (Wildman–Crippen LogP) is 9.14. The molecule has 4 N–H and O–H groups in total. The van der Waals surface area contributed by atoms with Gasteiger partial charge in [0.15, 0.2) is 0 Å². The van der Waals surface area contributed by atoms with E-state index in [1.807, 2.05) is 49.3 Å². The van der Waals surface area contributed by atoms with Crippen LogP contribution < -0.4 is 0 Å². The first-order chi connectivity index (χ1) is 39.0.